The lowest BCUT2D eigenvalue weighted by molar-refractivity contribution is -0.877. The van der Waals surface area contributed by atoms with Crippen molar-refractivity contribution < 1.29 is 44.1 Å². The van der Waals surface area contributed by atoms with Gasteiger partial charge in [0.2, 0.25) is 0 Å². The summed E-state index contributed by atoms with van der Waals surface area (Å²) in [5.74, 6) is -4.12. The van der Waals surface area contributed by atoms with E-state index in [9.17, 15) is 39.6 Å². The van der Waals surface area contributed by atoms with Gasteiger partial charge in [-0.1, -0.05) is 20.8 Å². The van der Waals surface area contributed by atoms with Gasteiger partial charge in [-0.3, -0.25) is 29.1 Å². The average molecular weight is 475 g/mol. The minimum Gasteiger partial charge on any atom is -0.480 e. The third kappa shape index (κ3) is 10.5. The van der Waals surface area contributed by atoms with Crippen molar-refractivity contribution in [2.75, 3.05) is 72.0 Å². The van der Waals surface area contributed by atoms with E-state index in [1.165, 1.54) is 0 Å². The summed E-state index contributed by atoms with van der Waals surface area (Å²) in [5.41, 5.74) is -0.612. The number of hydrogen-bond donors (Lipinski definition) is 4. The summed E-state index contributed by atoms with van der Waals surface area (Å²) in [4.78, 5) is 51.4. The van der Waals surface area contributed by atoms with E-state index in [0.717, 1.165) is 0 Å². The first-order valence-electron chi connectivity index (χ1n) is 10.9. The Hall–Kier alpha value is -2.28. The van der Waals surface area contributed by atoms with Gasteiger partial charge in [-0.25, -0.2) is 4.79 Å². The van der Waals surface area contributed by atoms with Crippen molar-refractivity contribution in [2.45, 2.75) is 26.8 Å². The lowest BCUT2D eigenvalue weighted by Gasteiger charge is -2.45. The third-order valence-electron chi connectivity index (χ3n) is 5.80. The molecule has 0 aliphatic carbocycles. The standard InChI is InChI=1S/C21H38N4O8/c1-21(2,3)19(20(32)33)24-7-5-22(13-16(26)27)9-11-25(4,15-18(30)31)12-10-23(6-8-24)14-17(28)29/h19H,4-15H2,1-3H3,(H,26,27)(H,28,29)(H,30,31)(H,32,33). The molecule has 1 saturated heterocycles. The summed E-state index contributed by atoms with van der Waals surface area (Å²) in [6.07, 6.45) is 0. The minimum absolute atomic E-state index is 0.120. The van der Waals surface area contributed by atoms with E-state index in [4.69, 9.17) is 0 Å². The fourth-order valence-corrected chi connectivity index (χ4v) is 4.17. The molecule has 1 fully saturated rings. The second kappa shape index (κ2) is 12.3. The Balaban J connectivity index is 3.25. The lowest BCUT2D eigenvalue weighted by atomic mass is 9.85. The Kier molecular flexibility index (Phi) is 10.7. The summed E-state index contributed by atoms with van der Waals surface area (Å²) < 4.78 is -0.120. The van der Waals surface area contributed by atoms with Gasteiger partial charge in [0.1, 0.15) is 6.04 Å². The zero-order valence-electron chi connectivity index (χ0n) is 19.8. The molecular formula is C21H38N4O8. The van der Waals surface area contributed by atoms with E-state index in [-0.39, 0.29) is 76.5 Å². The molecule has 0 spiro atoms. The van der Waals surface area contributed by atoms with Gasteiger partial charge in [-0.05, 0) is 5.41 Å². The molecule has 0 amide bonds. The first-order valence-corrected chi connectivity index (χ1v) is 10.9. The molecule has 12 nitrogen and oxygen atoms in total. The van der Waals surface area contributed by atoms with Crippen LogP contribution in [0.1, 0.15) is 20.8 Å². The topological polar surface area (TPSA) is 159 Å². The number of carbonyl (C=O) groups is 4. The molecule has 1 atom stereocenters. The molecule has 33 heavy (non-hydrogen) atoms. The lowest BCUT2D eigenvalue weighted by Crippen LogP contribution is -2.57. The predicted molar refractivity (Wildman–Crippen MR) is 118 cm³/mol. The molecule has 1 rings (SSSR count). The Morgan fingerprint density at radius 1 is 0.788 bits per heavy atom. The average Bonchev–Trinajstić information content (AvgIpc) is 2.62. The summed E-state index contributed by atoms with van der Waals surface area (Å²) in [6, 6.07) is -0.853. The van der Waals surface area contributed by atoms with Crippen molar-refractivity contribution in [3.63, 3.8) is 0 Å². The molecule has 0 radical (unpaired) electrons. The minimum atomic E-state index is -1.05. The number of carboxylic acid groups (broad SMARTS) is 4. The molecule has 1 heterocycles. The van der Waals surface area contributed by atoms with Gasteiger partial charge in [-0.15, -0.1) is 7.05 Å². The van der Waals surface area contributed by atoms with Gasteiger partial charge in [0.05, 0.1) is 26.2 Å². The highest BCUT2D eigenvalue weighted by Crippen LogP contribution is 2.25. The van der Waals surface area contributed by atoms with Crippen molar-refractivity contribution in [1.29, 1.82) is 0 Å². The van der Waals surface area contributed by atoms with Crippen LogP contribution < -0.4 is 0 Å². The van der Waals surface area contributed by atoms with Crippen molar-refractivity contribution in [2.24, 2.45) is 5.41 Å². The maximum Gasteiger partial charge on any atom is 0.357 e. The highest BCUT2D eigenvalue weighted by Gasteiger charge is 2.37. The third-order valence-corrected chi connectivity index (χ3v) is 5.80. The number of carboxylic acids is 4. The van der Waals surface area contributed by atoms with Gasteiger partial charge in [0.25, 0.3) is 0 Å². The number of rotatable bonds is 8. The van der Waals surface area contributed by atoms with Crippen LogP contribution in [0.4, 0.5) is 0 Å². The van der Waals surface area contributed by atoms with Gasteiger partial charge >= 0.3 is 23.9 Å². The van der Waals surface area contributed by atoms with Gasteiger partial charge in [-0.2, -0.15) is 0 Å². The second-order valence-electron chi connectivity index (χ2n) is 9.82. The first kappa shape index (κ1) is 28.8. The molecule has 1 aliphatic heterocycles. The van der Waals surface area contributed by atoms with Gasteiger partial charge in [0, 0.05) is 39.3 Å². The maximum absolute atomic E-state index is 12.1. The van der Waals surface area contributed by atoms with E-state index in [0.29, 0.717) is 0 Å². The second-order valence-corrected chi connectivity index (χ2v) is 9.82. The molecular weight excluding hydrogens is 436 g/mol. The van der Waals surface area contributed by atoms with Crippen molar-refractivity contribution >= 4 is 23.9 Å². The molecule has 190 valence electrons. The number of hydrogen-bond acceptors (Lipinski definition) is 7. The molecule has 0 saturated carbocycles. The van der Waals surface area contributed by atoms with E-state index in [2.05, 4.69) is 7.05 Å². The summed E-state index contributed by atoms with van der Waals surface area (Å²) in [7, 11) is 4.04. The number of nitrogens with zero attached hydrogens (tertiary/aromatic N) is 4. The Labute approximate surface area is 194 Å². The van der Waals surface area contributed by atoms with E-state index in [1.54, 1.807) is 14.7 Å². The highest BCUT2D eigenvalue weighted by atomic mass is 16.4. The van der Waals surface area contributed by atoms with Crippen molar-refractivity contribution in [1.82, 2.24) is 14.7 Å². The predicted octanol–water partition coefficient (Wildman–Crippen LogP) is -0.733. The normalized spacial score (nSPS) is 20.8. The van der Waals surface area contributed by atoms with Crippen molar-refractivity contribution in [3.05, 3.63) is 7.05 Å². The monoisotopic (exact) mass is 474 g/mol. The SMILES string of the molecule is [CH2-][N+]1(CC(=O)O)CCN(CC(=O)O)CCN(C(C(=O)O)C(C)(C)C)CCN(CC(=O)O)CC1. The first-order chi connectivity index (χ1) is 15.1. The van der Waals surface area contributed by atoms with E-state index >= 15 is 0 Å². The molecule has 12 heteroatoms. The largest absolute Gasteiger partial charge is 0.480 e. The van der Waals surface area contributed by atoms with Crippen LogP contribution in [0.15, 0.2) is 0 Å². The summed E-state index contributed by atoms with van der Waals surface area (Å²) in [5, 5.41) is 37.9. The Morgan fingerprint density at radius 2 is 1.21 bits per heavy atom. The van der Waals surface area contributed by atoms with Crippen LogP contribution in [0.25, 0.3) is 0 Å². The smallest absolute Gasteiger partial charge is 0.357 e. The van der Waals surface area contributed by atoms with Crippen LogP contribution in [-0.4, -0.2) is 142 Å². The zero-order chi connectivity index (χ0) is 25.4. The van der Waals surface area contributed by atoms with Gasteiger partial charge in [0.15, 0.2) is 6.54 Å². The van der Waals surface area contributed by atoms with Crippen LogP contribution in [0.5, 0.6) is 0 Å². The molecule has 1 unspecified atom stereocenters. The van der Waals surface area contributed by atoms with Crippen LogP contribution in [0.3, 0.4) is 0 Å². The fourth-order valence-electron chi connectivity index (χ4n) is 4.17. The highest BCUT2D eigenvalue weighted by molar-refractivity contribution is 5.74. The van der Waals surface area contributed by atoms with Crippen LogP contribution in [0.2, 0.25) is 0 Å². The van der Waals surface area contributed by atoms with Crippen LogP contribution in [0, 0.1) is 12.5 Å². The number of quaternary nitrogens is 1. The molecule has 0 aromatic heterocycles. The fraction of sp³-hybridized carbons (Fsp3) is 0.762. The molecule has 0 aromatic rings. The van der Waals surface area contributed by atoms with E-state index in [1.807, 2.05) is 20.8 Å². The molecule has 1 aliphatic rings. The molecule has 0 bridgehead atoms. The van der Waals surface area contributed by atoms with Gasteiger partial charge < -0.3 is 24.9 Å². The van der Waals surface area contributed by atoms with Crippen molar-refractivity contribution in [3.8, 4) is 0 Å². The molecule has 0 aromatic carbocycles. The van der Waals surface area contributed by atoms with Crippen LogP contribution >= 0.6 is 0 Å². The Bertz CT molecular complexity index is 677. The number of aliphatic carboxylic acids is 4. The molecule has 4 N–H and O–H groups in total. The van der Waals surface area contributed by atoms with E-state index < -0.39 is 35.3 Å². The quantitative estimate of drug-likeness (QED) is 0.259. The maximum atomic E-state index is 12.1. The summed E-state index contributed by atoms with van der Waals surface area (Å²) in [6.45, 7) is 6.69. The van der Waals surface area contributed by atoms with Crippen LogP contribution in [-0.2, 0) is 19.2 Å². The Morgan fingerprint density at radius 3 is 1.52 bits per heavy atom. The summed E-state index contributed by atoms with van der Waals surface area (Å²) >= 11 is 0. The zero-order valence-corrected chi connectivity index (χ0v) is 19.8.